The van der Waals surface area contributed by atoms with Gasteiger partial charge in [-0.2, -0.15) is 5.26 Å². The molecular formula is C18H19N3O2. The molecule has 2 aromatic carbocycles. The minimum atomic E-state index is -0.212. The maximum atomic E-state index is 12.1. The highest BCUT2D eigenvalue weighted by atomic mass is 16.3. The summed E-state index contributed by atoms with van der Waals surface area (Å²) < 4.78 is 0. The fourth-order valence-electron chi connectivity index (χ4n) is 2.23. The molecule has 1 atom stereocenters. The van der Waals surface area contributed by atoms with Crippen LogP contribution >= 0.6 is 0 Å². The lowest BCUT2D eigenvalue weighted by Gasteiger charge is -2.18. The van der Waals surface area contributed by atoms with E-state index in [9.17, 15) is 9.90 Å². The lowest BCUT2D eigenvalue weighted by molar-refractivity contribution is -0.120. The van der Waals surface area contributed by atoms with Crippen LogP contribution in [0.15, 0.2) is 54.6 Å². The van der Waals surface area contributed by atoms with Gasteiger partial charge in [0, 0.05) is 12.3 Å². The zero-order valence-electron chi connectivity index (χ0n) is 12.7. The molecule has 0 aliphatic rings. The second-order valence-electron chi connectivity index (χ2n) is 5.09. The van der Waals surface area contributed by atoms with Gasteiger partial charge in [0.05, 0.1) is 24.2 Å². The number of carbonyl (C=O) groups excluding carboxylic acids is 1. The standard InChI is InChI=1S/C18H19N3O2/c19-12-14-6-8-16(9-7-14)20-13-18(23)21-17(10-11-22)15-4-2-1-3-5-15/h1-9,17,20,22H,10-11,13H2,(H,21,23). The lowest BCUT2D eigenvalue weighted by Crippen LogP contribution is -2.33. The number of aliphatic hydroxyl groups excluding tert-OH is 1. The normalized spacial score (nSPS) is 11.3. The number of aliphatic hydroxyl groups is 1. The summed E-state index contributed by atoms with van der Waals surface area (Å²) in [4.78, 5) is 12.1. The fourth-order valence-corrected chi connectivity index (χ4v) is 2.23. The Hall–Kier alpha value is -2.84. The Labute approximate surface area is 135 Å². The SMILES string of the molecule is N#Cc1ccc(NCC(=O)NC(CCO)c2ccccc2)cc1. The van der Waals surface area contributed by atoms with Crippen LogP contribution in [0.5, 0.6) is 0 Å². The van der Waals surface area contributed by atoms with Gasteiger partial charge in [-0.3, -0.25) is 4.79 Å². The topological polar surface area (TPSA) is 85.2 Å². The van der Waals surface area contributed by atoms with Gasteiger partial charge >= 0.3 is 0 Å². The molecule has 1 unspecified atom stereocenters. The van der Waals surface area contributed by atoms with Gasteiger partial charge in [-0.15, -0.1) is 0 Å². The van der Waals surface area contributed by atoms with E-state index in [1.165, 1.54) is 0 Å². The van der Waals surface area contributed by atoms with Gasteiger partial charge < -0.3 is 15.7 Å². The van der Waals surface area contributed by atoms with Crippen molar-refractivity contribution in [1.29, 1.82) is 5.26 Å². The van der Waals surface area contributed by atoms with E-state index in [1.54, 1.807) is 24.3 Å². The Morgan fingerprint density at radius 2 is 1.83 bits per heavy atom. The summed E-state index contributed by atoms with van der Waals surface area (Å²) in [5, 5.41) is 23.8. The predicted molar refractivity (Wildman–Crippen MR) is 88.7 cm³/mol. The van der Waals surface area contributed by atoms with Crippen LogP contribution in [0.25, 0.3) is 0 Å². The van der Waals surface area contributed by atoms with Crippen LogP contribution in [0.3, 0.4) is 0 Å². The number of hydrogen-bond donors (Lipinski definition) is 3. The third-order valence-corrected chi connectivity index (χ3v) is 3.42. The number of nitrogens with one attached hydrogen (secondary N) is 2. The average Bonchev–Trinajstić information content (AvgIpc) is 2.61. The smallest absolute Gasteiger partial charge is 0.239 e. The van der Waals surface area contributed by atoms with Crippen LogP contribution in [-0.4, -0.2) is 24.2 Å². The quantitative estimate of drug-likeness (QED) is 0.732. The zero-order chi connectivity index (χ0) is 16.5. The van der Waals surface area contributed by atoms with Crippen LogP contribution in [0.4, 0.5) is 5.69 Å². The number of hydrogen-bond acceptors (Lipinski definition) is 4. The van der Waals surface area contributed by atoms with Gasteiger partial charge in [0.2, 0.25) is 5.91 Å². The number of carbonyl (C=O) groups is 1. The summed E-state index contributed by atoms with van der Waals surface area (Å²) in [5.41, 5.74) is 2.32. The Balaban J connectivity index is 1.90. The maximum absolute atomic E-state index is 12.1. The first-order valence-corrected chi connectivity index (χ1v) is 7.42. The molecule has 0 heterocycles. The van der Waals surface area contributed by atoms with Crippen LogP contribution in [-0.2, 0) is 4.79 Å². The van der Waals surface area contributed by atoms with E-state index in [4.69, 9.17) is 5.26 Å². The van der Waals surface area contributed by atoms with Crippen molar-refractivity contribution in [3.63, 3.8) is 0 Å². The van der Waals surface area contributed by atoms with Crippen molar-refractivity contribution in [3.05, 3.63) is 65.7 Å². The van der Waals surface area contributed by atoms with Crippen LogP contribution in [0.1, 0.15) is 23.6 Å². The van der Waals surface area contributed by atoms with Crippen molar-refractivity contribution < 1.29 is 9.90 Å². The molecule has 0 spiro atoms. The second-order valence-corrected chi connectivity index (χ2v) is 5.09. The molecule has 0 aliphatic carbocycles. The van der Waals surface area contributed by atoms with E-state index in [0.29, 0.717) is 12.0 Å². The third-order valence-electron chi connectivity index (χ3n) is 3.42. The van der Waals surface area contributed by atoms with Gasteiger partial charge in [-0.1, -0.05) is 30.3 Å². The molecule has 0 radical (unpaired) electrons. The minimum Gasteiger partial charge on any atom is -0.396 e. The highest BCUT2D eigenvalue weighted by Crippen LogP contribution is 2.16. The van der Waals surface area contributed by atoms with E-state index < -0.39 is 0 Å². The number of nitriles is 1. The molecule has 0 saturated carbocycles. The molecule has 0 bridgehead atoms. The summed E-state index contributed by atoms with van der Waals surface area (Å²) in [7, 11) is 0. The molecule has 2 rings (SSSR count). The minimum absolute atomic E-state index is 0.00287. The number of benzene rings is 2. The molecular weight excluding hydrogens is 290 g/mol. The predicted octanol–water partition coefficient (Wildman–Crippen LogP) is 2.21. The molecule has 23 heavy (non-hydrogen) atoms. The molecule has 1 amide bonds. The summed E-state index contributed by atoms with van der Waals surface area (Å²) in [6.45, 7) is 0.129. The summed E-state index contributed by atoms with van der Waals surface area (Å²) in [6, 6.07) is 18.3. The van der Waals surface area contributed by atoms with Crippen LogP contribution in [0.2, 0.25) is 0 Å². The van der Waals surface area contributed by atoms with Crippen molar-refractivity contribution in [3.8, 4) is 6.07 Å². The number of rotatable bonds is 7. The molecule has 0 aliphatic heterocycles. The van der Waals surface area contributed by atoms with Crippen molar-refractivity contribution in [2.45, 2.75) is 12.5 Å². The lowest BCUT2D eigenvalue weighted by atomic mass is 10.0. The molecule has 0 aromatic heterocycles. The van der Waals surface area contributed by atoms with Crippen molar-refractivity contribution in [2.75, 3.05) is 18.5 Å². The largest absolute Gasteiger partial charge is 0.396 e. The molecule has 5 heteroatoms. The highest BCUT2D eigenvalue weighted by molar-refractivity contribution is 5.81. The molecule has 5 nitrogen and oxygen atoms in total. The highest BCUT2D eigenvalue weighted by Gasteiger charge is 2.13. The van der Waals surface area contributed by atoms with E-state index in [2.05, 4.69) is 10.6 Å². The van der Waals surface area contributed by atoms with Gasteiger partial charge in [-0.05, 0) is 36.2 Å². The zero-order valence-corrected chi connectivity index (χ0v) is 12.7. The Morgan fingerprint density at radius 3 is 2.43 bits per heavy atom. The second kappa shape index (κ2) is 8.57. The monoisotopic (exact) mass is 309 g/mol. The summed E-state index contributed by atoms with van der Waals surface area (Å²) in [6.07, 6.45) is 0.465. The first kappa shape index (κ1) is 16.5. The van der Waals surface area contributed by atoms with E-state index in [0.717, 1.165) is 11.3 Å². The third kappa shape index (κ3) is 5.13. The van der Waals surface area contributed by atoms with Crippen molar-refractivity contribution >= 4 is 11.6 Å². The first-order valence-electron chi connectivity index (χ1n) is 7.42. The van der Waals surface area contributed by atoms with E-state index in [1.807, 2.05) is 36.4 Å². The van der Waals surface area contributed by atoms with Gasteiger partial charge in [0.15, 0.2) is 0 Å². The van der Waals surface area contributed by atoms with E-state index in [-0.39, 0.29) is 25.1 Å². The molecule has 118 valence electrons. The number of amides is 1. The molecule has 0 fully saturated rings. The summed E-state index contributed by atoms with van der Waals surface area (Å²) in [5.74, 6) is -0.156. The molecule has 2 aromatic rings. The van der Waals surface area contributed by atoms with Gasteiger partial charge in [0.25, 0.3) is 0 Å². The Kier molecular flexibility index (Phi) is 6.16. The van der Waals surface area contributed by atoms with E-state index >= 15 is 0 Å². The van der Waals surface area contributed by atoms with Gasteiger partial charge in [0.1, 0.15) is 0 Å². The first-order chi connectivity index (χ1) is 11.2. The summed E-state index contributed by atoms with van der Waals surface area (Å²) >= 11 is 0. The molecule has 0 saturated heterocycles. The number of anilines is 1. The van der Waals surface area contributed by atoms with Gasteiger partial charge in [-0.25, -0.2) is 0 Å². The average molecular weight is 309 g/mol. The van der Waals surface area contributed by atoms with Crippen molar-refractivity contribution in [1.82, 2.24) is 5.32 Å². The maximum Gasteiger partial charge on any atom is 0.239 e. The fraction of sp³-hybridized carbons (Fsp3) is 0.222. The van der Waals surface area contributed by atoms with Crippen molar-refractivity contribution in [2.24, 2.45) is 0 Å². The van der Waals surface area contributed by atoms with Crippen LogP contribution < -0.4 is 10.6 Å². The molecule has 3 N–H and O–H groups in total. The number of nitrogens with zero attached hydrogens (tertiary/aromatic N) is 1. The van der Waals surface area contributed by atoms with Crippen LogP contribution in [0, 0.1) is 11.3 Å². The Morgan fingerprint density at radius 1 is 1.13 bits per heavy atom. The Bertz CT molecular complexity index is 663.